The zero-order valence-corrected chi connectivity index (χ0v) is 12.1. The van der Waals surface area contributed by atoms with Crippen LogP contribution in [0.25, 0.3) is 10.8 Å². The predicted octanol–water partition coefficient (Wildman–Crippen LogP) is 4.59. The fourth-order valence-corrected chi connectivity index (χ4v) is 2.41. The number of phenols is 1. The van der Waals surface area contributed by atoms with Crippen LogP contribution < -0.4 is 5.32 Å². The van der Waals surface area contributed by atoms with Gasteiger partial charge in [0.15, 0.2) is 5.82 Å². The Balaban J connectivity index is 1.99. The van der Waals surface area contributed by atoms with E-state index in [-0.39, 0.29) is 16.5 Å². The molecule has 5 heteroatoms. The number of fused-ring (bicyclic) bond motifs is 1. The molecule has 0 atom stereocenters. The lowest BCUT2D eigenvalue weighted by Crippen LogP contribution is -2.13. The number of rotatable bonds is 2. The average Bonchev–Trinajstić information content (AvgIpc) is 2.52. The number of nitrogens with one attached hydrogen (secondary N) is 1. The van der Waals surface area contributed by atoms with Crippen molar-refractivity contribution in [3.63, 3.8) is 0 Å². The Morgan fingerprint density at radius 2 is 1.82 bits per heavy atom. The van der Waals surface area contributed by atoms with E-state index in [0.717, 1.165) is 16.8 Å². The van der Waals surface area contributed by atoms with Crippen LogP contribution in [0.4, 0.5) is 10.1 Å². The molecule has 0 bridgehead atoms. The third-order valence-corrected chi connectivity index (χ3v) is 3.62. The highest BCUT2D eigenvalue weighted by Gasteiger charge is 2.14. The first-order valence-corrected chi connectivity index (χ1v) is 6.91. The molecule has 3 nitrogen and oxygen atoms in total. The van der Waals surface area contributed by atoms with E-state index in [4.69, 9.17) is 11.6 Å². The number of halogens is 2. The summed E-state index contributed by atoms with van der Waals surface area (Å²) in [5.74, 6) is -1.57. The lowest BCUT2D eigenvalue weighted by Gasteiger charge is -2.10. The number of carbonyl (C=O) groups is 1. The van der Waals surface area contributed by atoms with Crippen molar-refractivity contribution in [3.8, 4) is 5.75 Å². The summed E-state index contributed by atoms with van der Waals surface area (Å²) in [6.07, 6.45) is 0. The van der Waals surface area contributed by atoms with E-state index in [1.807, 2.05) is 30.3 Å². The first kappa shape index (κ1) is 14.4. The monoisotopic (exact) mass is 315 g/mol. The molecule has 0 heterocycles. The Labute approximate surface area is 131 Å². The fraction of sp³-hybridized carbons (Fsp3) is 0. The summed E-state index contributed by atoms with van der Waals surface area (Å²) in [7, 11) is 0. The molecule has 0 fully saturated rings. The molecular weight excluding hydrogens is 305 g/mol. The first-order valence-electron chi connectivity index (χ1n) is 6.53. The van der Waals surface area contributed by atoms with E-state index in [9.17, 15) is 14.3 Å². The van der Waals surface area contributed by atoms with Crippen LogP contribution in [-0.2, 0) is 0 Å². The summed E-state index contributed by atoms with van der Waals surface area (Å²) >= 11 is 5.74. The second kappa shape index (κ2) is 5.66. The Bertz CT molecular complexity index is 874. The minimum Gasteiger partial charge on any atom is -0.506 e. The fourth-order valence-electron chi connectivity index (χ4n) is 2.25. The Kier molecular flexibility index (Phi) is 3.69. The highest BCUT2D eigenvalue weighted by molar-refractivity contribution is 6.32. The van der Waals surface area contributed by atoms with Gasteiger partial charge in [-0.05, 0) is 22.9 Å². The van der Waals surface area contributed by atoms with Gasteiger partial charge in [-0.15, -0.1) is 0 Å². The zero-order chi connectivity index (χ0) is 15.7. The van der Waals surface area contributed by atoms with Gasteiger partial charge in [0.2, 0.25) is 0 Å². The third-order valence-electron chi connectivity index (χ3n) is 3.32. The normalized spacial score (nSPS) is 10.6. The summed E-state index contributed by atoms with van der Waals surface area (Å²) < 4.78 is 13.8. The van der Waals surface area contributed by atoms with Gasteiger partial charge in [-0.3, -0.25) is 4.79 Å². The summed E-state index contributed by atoms with van der Waals surface area (Å²) in [4.78, 5) is 12.4. The maximum Gasteiger partial charge on any atom is 0.256 e. The number of anilines is 1. The SMILES string of the molecule is O=C(Nc1cc(Cl)c(O)cc1F)c1cccc2ccccc12. The molecule has 0 radical (unpaired) electrons. The minimum absolute atomic E-state index is 0.0328. The molecule has 22 heavy (non-hydrogen) atoms. The molecule has 3 aromatic carbocycles. The Morgan fingerprint density at radius 1 is 1.09 bits per heavy atom. The lowest BCUT2D eigenvalue weighted by atomic mass is 10.0. The molecule has 3 rings (SSSR count). The minimum atomic E-state index is -0.754. The molecule has 0 aliphatic heterocycles. The van der Waals surface area contributed by atoms with Crippen molar-refractivity contribution in [2.45, 2.75) is 0 Å². The van der Waals surface area contributed by atoms with Gasteiger partial charge in [0.1, 0.15) is 5.75 Å². The van der Waals surface area contributed by atoms with Gasteiger partial charge in [-0.25, -0.2) is 4.39 Å². The van der Waals surface area contributed by atoms with Gasteiger partial charge >= 0.3 is 0 Å². The van der Waals surface area contributed by atoms with E-state index in [2.05, 4.69) is 5.32 Å². The molecule has 0 saturated carbocycles. The number of phenolic OH excluding ortho intramolecular Hbond substituents is 1. The van der Waals surface area contributed by atoms with Crippen molar-refractivity contribution in [1.82, 2.24) is 0 Å². The van der Waals surface area contributed by atoms with Gasteiger partial charge in [-0.2, -0.15) is 0 Å². The maximum absolute atomic E-state index is 13.8. The van der Waals surface area contributed by atoms with Crippen molar-refractivity contribution in [3.05, 3.63) is 71.0 Å². The summed E-state index contributed by atoms with van der Waals surface area (Å²) in [6.45, 7) is 0. The number of hydrogen-bond donors (Lipinski definition) is 2. The third kappa shape index (κ3) is 2.61. The highest BCUT2D eigenvalue weighted by Crippen LogP contribution is 2.29. The maximum atomic E-state index is 13.8. The summed E-state index contributed by atoms with van der Waals surface area (Å²) in [6, 6.07) is 14.8. The van der Waals surface area contributed by atoms with Crippen LogP contribution in [0, 0.1) is 5.82 Å². The van der Waals surface area contributed by atoms with E-state index >= 15 is 0 Å². The van der Waals surface area contributed by atoms with Crippen LogP contribution in [0.1, 0.15) is 10.4 Å². The van der Waals surface area contributed by atoms with Crippen LogP contribution in [-0.4, -0.2) is 11.0 Å². The van der Waals surface area contributed by atoms with Gasteiger partial charge < -0.3 is 10.4 Å². The van der Waals surface area contributed by atoms with E-state index < -0.39 is 11.7 Å². The topological polar surface area (TPSA) is 49.3 Å². The number of carbonyl (C=O) groups excluding carboxylic acids is 1. The van der Waals surface area contributed by atoms with Crippen molar-refractivity contribution in [2.24, 2.45) is 0 Å². The lowest BCUT2D eigenvalue weighted by molar-refractivity contribution is 0.102. The molecule has 0 saturated heterocycles. The zero-order valence-electron chi connectivity index (χ0n) is 11.3. The second-order valence-electron chi connectivity index (χ2n) is 4.76. The molecular formula is C17H11ClFNO2. The smallest absolute Gasteiger partial charge is 0.256 e. The number of hydrogen-bond acceptors (Lipinski definition) is 2. The van der Waals surface area contributed by atoms with Crippen LogP contribution in [0.5, 0.6) is 5.75 Å². The van der Waals surface area contributed by atoms with Gasteiger partial charge in [0, 0.05) is 11.6 Å². The highest BCUT2D eigenvalue weighted by atomic mass is 35.5. The quantitative estimate of drug-likeness (QED) is 0.679. The Hall–Kier alpha value is -2.59. The van der Waals surface area contributed by atoms with E-state index in [1.165, 1.54) is 6.07 Å². The van der Waals surface area contributed by atoms with Crippen LogP contribution >= 0.6 is 11.6 Å². The molecule has 0 aliphatic rings. The molecule has 3 aromatic rings. The summed E-state index contributed by atoms with van der Waals surface area (Å²) in [5, 5.41) is 13.5. The van der Waals surface area contributed by atoms with Crippen LogP contribution in [0.3, 0.4) is 0 Å². The standard InChI is InChI=1S/C17H11ClFNO2/c18-13-8-15(14(19)9-16(13)21)20-17(22)12-7-3-5-10-4-1-2-6-11(10)12/h1-9,21H,(H,20,22). The van der Waals surface area contributed by atoms with Gasteiger partial charge in [0.25, 0.3) is 5.91 Å². The second-order valence-corrected chi connectivity index (χ2v) is 5.17. The number of aromatic hydroxyl groups is 1. The molecule has 110 valence electrons. The van der Waals surface area contributed by atoms with Crippen LogP contribution in [0.2, 0.25) is 5.02 Å². The van der Waals surface area contributed by atoms with Crippen molar-refractivity contribution in [1.29, 1.82) is 0 Å². The Morgan fingerprint density at radius 3 is 2.64 bits per heavy atom. The largest absolute Gasteiger partial charge is 0.506 e. The number of benzene rings is 3. The van der Waals surface area contributed by atoms with E-state index in [0.29, 0.717) is 5.56 Å². The van der Waals surface area contributed by atoms with Crippen molar-refractivity contribution >= 4 is 34.0 Å². The molecule has 2 N–H and O–H groups in total. The van der Waals surface area contributed by atoms with Gasteiger partial charge in [-0.1, -0.05) is 48.0 Å². The summed E-state index contributed by atoms with van der Waals surface area (Å²) in [5.41, 5.74) is 0.349. The first-order chi connectivity index (χ1) is 10.6. The molecule has 0 aliphatic carbocycles. The van der Waals surface area contributed by atoms with Crippen molar-refractivity contribution < 1.29 is 14.3 Å². The van der Waals surface area contributed by atoms with Crippen molar-refractivity contribution in [2.75, 3.05) is 5.32 Å². The average molecular weight is 316 g/mol. The van der Waals surface area contributed by atoms with Gasteiger partial charge in [0.05, 0.1) is 10.7 Å². The molecule has 0 aromatic heterocycles. The molecule has 0 unspecified atom stereocenters. The van der Waals surface area contributed by atoms with E-state index in [1.54, 1.807) is 12.1 Å². The number of amides is 1. The predicted molar refractivity (Wildman–Crippen MR) is 85.0 cm³/mol. The molecule has 1 amide bonds. The molecule has 0 spiro atoms. The van der Waals surface area contributed by atoms with Crippen LogP contribution in [0.15, 0.2) is 54.6 Å².